The highest BCUT2D eigenvalue weighted by Crippen LogP contribution is 2.31. The van der Waals surface area contributed by atoms with E-state index in [4.69, 9.17) is 28.6 Å². The zero-order valence-corrected chi connectivity index (χ0v) is 23.5. The molecule has 11 heteroatoms. The fourth-order valence-corrected chi connectivity index (χ4v) is 5.53. The lowest BCUT2D eigenvalue weighted by Crippen LogP contribution is -2.50. The molecule has 1 saturated heterocycles. The van der Waals surface area contributed by atoms with Crippen molar-refractivity contribution in [1.29, 1.82) is 0 Å². The molecule has 1 unspecified atom stereocenters. The zero-order chi connectivity index (χ0) is 28.4. The maximum absolute atomic E-state index is 13.3. The Morgan fingerprint density at radius 1 is 1.07 bits per heavy atom. The fourth-order valence-electron chi connectivity index (χ4n) is 5.11. The van der Waals surface area contributed by atoms with Gasteiger partial charge >= 0.3 is 0 Å². The number of fused-ring (bicyclic) bond motifs is 1. The number of hydrogen-bond acceptors (Lipinski definition) is 8. The van der Waals surface area contributed by atoms with E-state index in [1.807, 2.05) is 24.3 Å². The van der Waals surface area contributed by atoms with Crippen molar-refractivity contribution in [1.82, 2.24) is 9.80 Å². The Bertz CT molecular complexity index is 1420. The van der Waals surface area contributed by atoms with Gasteiger partial charge < -0.3 is 20.1 Å². The van der Waals surface area contributed by atoms with Gasteiger partial charge in [-0.25, -0.2) is 0 Å². The van der Waals surface area contributed by atoms with Crippen LogP contribution in [0.2, 0.25) is 0 Å². The Kier molecular flexibility index (Phi) is 8.32. The third kappa shape index (κ3) is 5.80. The molecule has 3 amide bonds. The standard InChI is InChI=1S/C29H29ClN4O5S/c1-39-21-8-6-19(7-9-21)33-13-11-32(12-14-33)16-20(35)17-34-28(37)22-3-2-4-24(26(22)29(34)38)31-27(36)23-15-18(30)5-10-25(23)40/h2-9,15,20,35H,10-14,16-17H2,1H3,(H,31,36). The highest BCUT2D eigenvalue weighted by molar-refractivity contribution is 7.81. The Balaban J connectivity index is 1.19. The van der Waals surface area contributed by atoms with Crippen LogP contribution in [-0.4, -0.2) is 90.0 Å². The highest BCUT2D eigenvalue weighted by Gasteiger charge is 2.39. The minimum Gasteiger partial charge on any atom is -0.497 e. The number of methoxy groups -OCH3 is 1. The molecule has 2 heterocycles. The Labute approximate surface area is 242 Å². The van der Waals surface area contributed by atoms with Crippen molar-refractivity contribution in [2.75, 3.05) is 56.6 Å². The van der Waals surface area contributed by atoms with Crippen molar-refractivity contribution < 1.29 is 24.2 Å². The lowest BCUT2D eigenvalue weighted by molar-refractivity contribution is -0.112. The summed E-state index contributed by atoms with van der Waals surface area (Å²) >= 11 is 11.3. The lowest BCUT2D eigenvalue weighted by Gasteiger charge is -2.37. The Morgan fingerprint density at radius 3 is 2.50 bits per heavy atom. The molecule has 9 nitrogen and oxygen atoms in total. The van der Waals surface area contributed by atoms with Crippen LogP contribution in [0.4, 0.5) is 11.4 Å². The topological polar surface area (TPSA) is 102 Å². The van der Waals surface area contributed by atoms with E-state index >= 15 is 0 Å². The second kappa shape index (κ2) is 11.9. The number of rotatable bonds is 8. The first-order valence-corrected chi connectivity index (χ1v) is 13.7. The van der Waals surface area contributed by atoms with Gasteiger partial charge in [-0.05, 0) is 42.5 Å². The van der Waals surface area contributed by atoms with Gasteiger partial charge in [0.1, 0.15) is 5.75 Å². The minimum absolute atomic E-state index is 0.102. The van der Waals surface area contributed by atoms with Crippen molar-refractivity contribution in [3.05, 3.63) is 76.3 Å². The van der Waals surface area contributed by atoms with E-state index in [1.54, 1.807) is 31.4 Å². The summed E-state index contributed by atoms with van der Waals surface area (Å²) in [5.74, 6) is -0.756. The number of halogens is 1. The van der Waals surface area contributed by atoms with Crippen molar-refractivity contribution in [2.45, 2.75) is 12.5 Å². The first kappa shape index (κ1) is 28.0. The molecule has 2 aromatic carbocycles. The van der Waals surface area contributed by atoms with Gasteiger partial charge in [-0.15, -0.1) is 0 Å². The predicted molar refractivity (Wildman–Crippen MR) is 157 cm³/mol. The summed E-state index contributed by atoms with van der Waals surface area (Å²) in [7, 11) is 1.64. The number of nitrogens with zero attached hydrogens (tertiary/aromatic N) is 3. The molecule has 1 fully saturated rings. The van der Waals surface area contributed by atoms with Crippen molar-refractivity contribution in [3.63, 3.8) is 0 Å². The number of β-amino-alcohol motifs (C(OH)–C–C–N with tert-alkyl or cyclic N) is 1. The molecule has 0 saturated carbocycles. The van der Waals surface area contributed by atoms with Gasteiger partial charge in [-0.3, -0.25) is 24.2 Å². The van der Waals surface area contributed by atoms with E-state index in [1.165, 1.54) is 6.08 Å². The second-order valence-electron chi connectivity index (χ2n) is 9.82. The number of amides is 3. The van der Waals surface area contributed by atoms with Crippen LogP contribution in [0.15, 0.2) is 65.2 Å². The molecule has 208 valence electrons. The molecule has 2 aliphatic heterocycles. The summed E-state index contributed by atoms with van der Waals surface area (Å²) in [4.78, 5) is 45.2. The van der Waals surface area contributed by atoms with E-state index in [0.717, 1.165) is 42.5 Å². The van der Waals surface area contributed by atoms with Crippen LogP contribution >= 0.6 is 23.8 Å². The Hall–Kier alpha value is -3.57. The number of piperazine rings is 1. The van der Waals surface area contributed by atoms with Gasteiger partial charge in [0.05, 0.1) is 42.1 Å². The van der Waals surface area contributed by atoms with Crippen molar-refractivity contribution in [3.8, 4) is 5.75 Å². The highest BCUT2D eigenvalue weighted by atomic mass is 35.5. The maximum atomic E-state index is 13.3. The van der Waals surface area contributed by atoms with Crippen LogP contribution in [0.3, 0.4) is 0 Å². The monoisotopic (exact) mass is 580 g/mol. The normalized spacial score (nSPS) is 18.3. The molecule has 3 aliphatic rings. The van der Waals surface area contributed by atoms with Gasteiger partial charge in [0.2, 0.25) is 0 Å². The van der Waals surface area contributed by atoms with Gasteiger partial charge in [0.25, 0.3) is 17.7 Å². The maximum Gasteiger partial charge on any atom is 0.263 e. The molecule has 1 aliphatic carbocycles. The average Bonchev–Trinajstić information content (AvgIpc) is 3.20. The van der Waals surface area contributed by atoms with Crippen LogP contribution in [0.5, 0.6) is 5.75 Å². The van der Waals surface area contributed by atoms with E-state index in [9.17, 15) is 19.5 Å². The fraction of sp³-hybridized carbons (Fsp3) is 0.310. The number of carbonyl (C=O) groups excluding carboxylic acids is 3. The molecule has 2 N–H and O–H groups in total. The van der Waals surface area contributed by atoms with Gasteiger partial charge in [0, 0.05) is 54.7 Å². The molecule has 0 bridgehead atoms. The second-order valence-corrected chi connectivity index (χ2v) is 10.7. The number of imide groups is 1. The number of hydrogen-bond donors (Lipinski definition) is 2. The number of thiocarbonyl (C=S) groups is 1. The number of benzene rings is 2. The zero-order valence-electron chi connectivity index (χ0n) is 21.9. The first-order chi connectivity index (χ1) is 19.2. The van der Waals surface area contributed by atoms with Crippen LogP contribution in [0.1, 0.15) is 27.1 Å². The van der Waals surface area contributed by atoms with E-state index in [-0.39, 0.29) is 28.9 Å². The van der Waals surface area contributed by atoms with Gasteiger partial charge in [-0.2, -0.15) is 0 Å². The van der Waals surface area contributed by atoms with Gasteiger partial charge in [0.15, 0.2) is 0 Å². The number of ether oxygens (including phenoxy) is 1. The lowest BCUT2D eigenvalue weighted by atomic mass is 10.0. The number of aliphatic hydroxyl groups is 1. The molecule has 0 aromatic heterocycles. The summed E-state index contributed by atoms with van der Waals surface area (Å²) in [6, 6.07) is 12.6. The molecule has 2 aromatic rings. The molecule has 40 heavy (non-hydrogen) atoms. The quantitative estimate of drug-likeness (QED) is 0.362. The van der Waals surface area contributed by atoms with E-state index in [2.05, 4.69) is 15.1 Å². The number of carbonyl (C=O) groups is 3. The largest absolute Gasteiger partial charge is 0.497 e. The summed E-state index contributed by atoms with van der Waals surface area (Å²) in [6.07, 6.45) is 2.65. The number of aliphatic hydroxyl groups excluding tert-OH is 1. The molecule has 0 radical (unpaired) electrons. The van der Waals surface area contributed by atoms with E-state index < -0.39 is 23.8 Å². The third-order valence-corrected chi connectivity index (χ3v) is 7.88. The SMILES string of the molecule is COc1ccc(N2CCN(CC(O)CN3C(=O)c4cccc(NC(=O)C5=CC(Cl)=CCC5=S)c4C3=O)CC2)cc1. The number of allylic oxidation sites excluding steroid dienone is 3. The van der Waals surface area contributed by atoms with E-state index in [0.29, 0.717) is 22.9 Å². The molecule has 1 atom stereocenters. The predicted octanol–water partition coefficient (Wildman–Crippen LogP) is 3.24. The van der Waals surface area contributed by atoms with Crippen LogP contribution < -0.4 is 15.0 Å². The van der Waals surface area contributed by atoms with Gasteiger partial charge in [-0.1, -0.05) is 36.0 Å². The third-order valence-electron chi connectivity index (χ3n) is 7.23. The van der Waals surface area contributed by atoms with Crippen molar-refractivity contribution >= 4 is 57.8 Å². The average molecular weight is 581 g/mol. The molecule has 0 spiro atoms. The molecular weight excluding hydrogens is 552 g/mol. The molecule has 5 rings (SSSR count). The number of anilines is 2. The summed E-state index contributed by atoms with van der Waals surface area (Å²) in [6.45, 7) is 3.23. The van der Waals surface area contributed by atoms with Crippen LogP contribution in [0, 0.1) is 0 Å². The number of nitrogens with one attached hydrogen (secondary N) is 1. The van der Waals surface area contributed by atoms with Crippen LogP contribution in [0.25, 0.3) is 0 Å². The van der Waals surface area contributed by atoms with Crippen molar-refractivity contribution in [2.24, 2.45) is 0 Å². The summed E-state index contributed by atoms with van der Waals surface area (Å²) < 4.78 is 5.23. The minimum atomic E-state index is -0.925. The van der Waals surface area contributed by atoms with Crippen LogP contribution in [-0.2, 0) is 4.79 Å². The first-order valence-electron chi connectivity index (χ1n) is 13.0. The molecular formula is C29H29ClN4O5S. The smallest absolute Gasteiger partial charge is 0.263 e. The Morgan fingerprint density at radius 2 is 1.80 bits per heavy atom. The summed E-state index contributed by atoms with van der Waals surface area (Å²) in [5, 5.41) is 14.0. The summed E-state index contributed by atoms with van der Waals surface area (Å²) in [5.41, 5.74) is 1.85.